The van der Waals surface area contributed by atoms with Crippen LogP contribution in [-0.2, 0) is 20.7 Å². The molecule has 23 heavy (non-hydrogen) atoms. The van der Waals surface area contributed by atoms with Gasteiger partial charge in [-0.2, -0.15) is 0 Å². The van der Waals surface area contributed by atoms with Crippen LogP contribution in [0.15, 0.2) is 34.9 Å². The van der Waals surface area contributed by atoms with Gasteiger partial charge in [-0.3, -0.25) is 4.79 Å². The van der Waals surface area contributed by atoms with Crippen molar-refractivity contribution in [3.63, 3.8) is 0 Å². The Kier molecular flexibility index (Phi) is 4.97. The molecule has 2 heterocycles. The number of fused-ring (bicyclic) bond motifs is 1. The molecule has 1 aliphatic heterocycles. The number of hydrogen-bond donors (Lipinski definition) is 3. The highest BCUT2D eigenvalue weighted by molar-refractivity contribution is 6.43. The number of carbonyl (C=O) groups excluding carboxylic acids is 1. The van der Waals surface area contributed by atoms with Crippen LogP contribution in [-0.4, -0.2) is 54.9 Å². The molecule has 7 nitrogen and oxygen atoms in total. The van der Waals surface area contributed by atoms with E-state index >= 15 is 0 Å². The van der Waals surface area contributed by atoms with E-state index in [-0.39, 0.29) is 13.0 Å². The molecule has 8 heteroatoms. The van der Waals surface area contributed by atoms with E-state index in [4.69, 9.17) is 13.9 Å². The van der Waals surface area contributed by atoms with Crippen molar-refractivity contribution < 1.29 is 28.7 Å². The molecular formula is C15H18BNO6. The van der Waals surface area contributed by atoms with Crippen LogP contribution in [0.2, 0.25) is 0 Å². The fourth-order valence-electron chi connectivity index (χ4n) is 2.57. The fourth-order valence-corrected chi connectivity index (χ4v) is 2.57. The summed E-state index contributed by atoms with van der Waals surface area (Å²) in [7, 11) is -1.70. The van der Waals surface area contributed by atoms with Gasteiger partial charge in [0.15, 0.2) is 6.10 Å². The minimum absolute atomic E-state index is 0.161. The summed E-state index contributed by atoms with van der Waals surface area (Å²) < 4.78 is 15.9. The van der Waals surface area contributed by atoms with Crippen LogP contribution in [0, 0.1) is 0 Å². The van der Waals surface area contributed by atoms with E-state index in [9.17, 15) is 14.8 Å². The van der Waals surface area contributed by atoms with Gasteiger partial charge in [-0.1, -0.05) is 18.2 Å². The Morgan fingerprint density at radius 3 is 2.91 bits per heavy atom. The molecule has 1 aliphatic rings. The number of benzene rings is 1. The molecule has 1 amide bonds. The van der Waals surface area contributed by atoms with Crippen LogP contribution in [0.1, 0.15) is 5.56 Å². The van der Waals surface area contributed by atoms with Crippen molar-refractivity contribution in [3.8, 4) is 0 Å². The van der Waals surface area contributed by atoms with Crippen molar-refractivity contribution in [2.75, 3.05) is 19.8 Å². The number of ether oxygens (including phenoxy) is 2. The summed E-state index contributed by atoms with van der Waals surface area (Å²) in [6, 6.07) is 7.44. The van der Waals surface area contributed by atoms with Gasteiger partial charge >= 0.3 is 7.12 Å². The number of furan rings is 1. The molecule has 122 valence electrons. The van der Waals surface area contributed by atoms with Gasteiger partial charge in [-0.25, -0.2) is 0 Å². The SMILES string of the molecule is O=C(NC(Cc1coc2ccccc12)B(O)O)[C@@H]1COCCO1. The van der Waals surface area contributed by atoms with E-state index in [1.165, 1.54) is 0 Å². The zero-order chi connectivity index (χ0) is 16.2. The fraction of sp³-hybridized carbons (Fsp3) is 0.400. The quantitative estimate of drug-likeness (QED) is 0.665. The Hall–Kier alpha value is -1.87. The number of hydrogen-bond acceptors (Lipinski definition) is 6. The van der Waals surface area contributed by atoms with Crippen LogP contribution >= 0.6 is 0 Å². The lowest BCUT2D eigenvalue weighted by atomic mass is 9.75. The summed E-state index contributed by atoms with van der Waals surface area (Å²) in [5.41, 5.74) is 1.50. The maximum Gasteiger partial charge on any atom is 0.475 e. The molecule has 1 saturated heterocycles. The van der Waals surface area contributed by atoms with E-state index in [1.54, 1.807) is 6.26 Å². The van der Waals surface area contributed by atoms with E-state index in [2.05, 4.69) is 5.32 Å². The lowest BCUT2D eigenvalue weighted by Gasteiger charge is -2.25. The Morgan fingerprint density at radius 2 is 2.17 bits per heavy atom. The molecule has 0 saturated carbocycles. The third kappa shape index (κ3) is 3.73. The van der Waals surface area contributed by atoms with Crippen molar-refractivity contribution in [2.45, 2.75) is 18.5 Å². The first-order chi connectivity index (χ1) is 11.1. The lowest BCUT2D eigenvalue weighted by molar-refractivity contribution is -0.147. The monoisotopic (exact) mass is 319 g/mol. The Bertz CT molecular complexity index is 667. The van der Waals surface area contributed by atoms with Crippen LogP contribution in [0.3, 0.4) is 0 Å². The molecule has 0 bridgehead atoms. The zero-order valence-corrected chi connectivity index (χ0v) is 12.5. The molecule has 3 N–H and O–H groups in total. The molecule has 1 aromatic carbocycles. The van der Waals surface area contributed by atoms with Gasteiger partial charge in [-0.15, -0.1) is 0 Å². The summed E-state index contributed by atoms with van der Waals surface area (Å²) in [6.07, 6.45) is 1.06. The predicted octanol–water partition coefficient (Wildman–Crippen LogP) is -0.113. The van der Waals surface area contributed by atoms with Crippen molar-refractivity contribution >= 4 is 24.0 Å². The second-order valence-corrected chi connectivity index (χ2v) is 5.42. The molecule has 0 spiro atoms. The largest absolute Gasteiger partial charge is 0.475 e. The third-order valence-corrected chi connectivity index (χ3v) is 3.80. The van der Waals surface area contributed by atoms with Crippen molar-refractivity contribution in [3.05, 3.63) is 36.1 Å². The molecule has 0 radical (unpaired) electrons. The van der Waals surface area contributed by atoms with E-state index in [1.807, 2.05) is 24.3 Å². The minimum Gasteiger partial charge on any atom is -0.464 e. The van der Waals surface area contributed by atoms with Gasteiger partial charge in [0, 0.05) is 5.39 Å². The number of amides is 1. The standard InChI is InChI=1S/C15H18BNO6/c18-15(13-9-21-5-6-22-13)17-14(16(19)20)7-10-8-23-12-4-2-1-3-11(10)12/h1-4,8,13-14,19-20H,5-7,9H2,(H,17,18)/t13-,14?/m0/s1. The average molecular weight is 319 g/mol. The van der Waals surface area contributed by atoms with Gasteiger partial charge < -0.3 is 29.3 Å². The highest BCUT2D eigenvalue weighted by atomic mass is 16.6. The Balaban J connectivity index is 1.70. The topological polar surface area (TPSA) is 101 Å². The first-order valence-electron chi connectivity index (χ1n) is 7.46. The second-order valence-electron chi connectivity index (χ2n) is 5.42. The molecule has 0 aliphatic carbocycles. The van der Waals surface area contributed by atoms with E-state index in [0.717, 1.165) is 10.9 Å². The molecule has 3 rings (SSSR count). The molecule has 1 unspecified atom stereocenters. The minimum atomic E-state index is -1.70. The number of rotatable bonds is 5. The number of para-hydroxylation sites is 1. The van der Waals surface area contributed by atoms with Crippen molar-refractivity contribution in [1.29, 1.82) is 0 Å². The smallest absolute Gasteiger partial charge is 0.464 e. The average Bonchev–Trinajstić information content (AvgIpc) is 2.98. The lowest BCUT2D eigenvalue weighted by Crippen LogP contribution is -2.53. The predicted molar refractivity (Wildman–Crippen MR) is 82.6 cm³/mol. The van der Waals surface area contributed by atoms with Crippen LogP contribution < -0.4 is 5.32 Å². The summed E-state index contributed by atoms with van der Waals surface area (Å²) >= 11 is 0. The van der Waals surface area contributed by atoms with E-state index < -0.39 is 25.1 Å². The Labute approximate surface area is 133 Å². The van der Waals surface area contributed by atoms with Gasteiger partial charge in [0.25, 0.3) is 5.91 Å². The highest BCUT2D eigenvalue weighted by Crippen LogP contribution is 2.22. The summed E-state index contributed by atoms with van der Waals surface area (Å²) in [6.45, 7) is 0.961. The third-order valence-electron chi connectivity index (χ3n) is 3.80. The number of nitrogens with one attached hydrogen (secondary N) is 1. The molecule has 2 atom stereocenters. The van der Waals surface area contributed by atoms with Gasteiger partial charge in [0.05, 0.1) is 32.0 Å². The maximum atomic E-state index is 12.1. The molecule has 1 fully saturated rings. The first-order valence-corrected chi connectivity index (χ1v) is 7.46. The summed E-state index contributed by atoms with van der Waals surface area (Å²) in [5.74, 6) is -1.29. The summed E-state index contributed by atoms with van der Waals surface area (Å²) in [4.78, 5) is 12.1. The van der Waals surface area contributed by atoms with Gasteiger partial charge in [-0.05, 0) is 18.1 Å². The number of carbonyl (C=O) groups is 1. The second kappa shape index (κ2) is 7.14. The molecule has 1 aromatic heterocycles. The molecule has 2 aromatic rings. The van der Waals surface area contributed by atoms with Gasteiger partial charge in [0.1, 0.15) is 5.58 Å². The van der Waals surface area contributed by atoms with Gasteiger partial charge in [0.2, 0.25) is 0 Å². The van der Waals surface area contributed by atoms with Crippen LogP contribution in [0.25, 0.3) is 11.0 Å². The maximum absolute atomic E-state index is 12.1. The molecular weight excluding hydrogens is 301 g/mol. The Morgan fingerprint density at radius 1 is 1.35 bits per heavy atom. The highest BCUT2D eigenvalue weighted by Gasteiger charge is 2.31. The van der Waals surface area contributed by atoms with Crippen molar-refractivity contribution in [1.82, 2.24) is 5.32 Å². The van der Waals surface area contributed by atoms with Crippen LogP contribution in [0.5, 0.6) is 0 Å². The summed E-state index contributed by atoms with van der Waals surface area (Å²) in [5, 5.41) is 22.6. The van der Waals surface area contributed by atoms with E-state index in [0.29, 0.717) is 18.8 Å². The normalized spacial score (nSPS) is 19.5. The van der Waals surface area contributed by atoms with Crippen LogP contribution in [0.4, 0.5) is 0 Å². The zero-order valence-electron chi connectivity index (χ0n) is 12.5. The van der Waals surface area contributed by atoms with Crippen molar-refractivity contribution in [2.24, 2.45) is 0 Å². The first kappa shape index (κ1) is 16.0.